The minimum atomic E-state index is -0.0997. The van der Waals surface area contributed by atoms with Crippen LogP contribution in [-0.4, -0.2) is 36.3 Å². The van der Waals surface area contributed by atoms with Crippen LogP contribution in [0.5, 0.6) is 5.75 Å². The maximum absolute atomic E-state index is 11.2. The predicted octanol–water partition coefficient (Wildman–Crippen LogP) is 5.63. The molecule has 2 N–H and O–H groups in total. The minimum Gasteiger partial charge on any atom is -0.508 e. The molecule has 4 aromatic rings. The first-order valence-corrected chi connectivity index (χ1v) is 10.9. The van der Waals surface area contributed by atoms with E-state index in [1.807, 2.05) is 12.3 Å². The van der Waals surface area contributed by atoms with Crippen molar-refractivity contribution in [3.8, 4) is 52.1 Å². The molecule has 0 atom stereocenters. The molecule has 0 spiro atoms. The number of aromatic hydroxyl groups is 1. The van der Waals surface area contributed by atoms with Gasteiger partial charge in [0.15, 0.2) is 11.0 Å². The van der Waals surface area contributed by atoms with Crippen LogP contribution in [0.15, 0.2) is 53.8 Å². The highest BCUT2D eigenvalue weighted by Gasteiger charge is 2.25. The Morgan fingerprint density at radius 2 is 1.84 bits per heavy atom. The summed E-state index contributed by atoms with van der Waals surface area (Å²) >= 11 is 14.0. The molecule has 2 aromatic carbocycles. The zero-order chi connectivity index (χ0) is 22.1. The fourth-order valence-corrected chi connectivity index (χ4v) is 4.11. The van der Waals surface area contributed by atoms with E-state index in [0.29, 0.717) is 33.4 Å². The van der Waals surface area contributed by atoms with Gasteiger partial charge < -0.3 is 10.3 Å². The van der Waals surface area contributed by atoms with E-state index < -0.39 is 0 Å². The molecule has 0 saturated carbocycles. The second kappa shape index (κ2) is 8.52. The Balaban J connectivity index is 2.04. The van der Waals surface area contributed by atoms with E-state index in [1.54, 1.807) is 30.5 Å². The number of hydrogen-bond donors (Lipinski definition) is 2. The van der Waals surface area contributed by atoms with E-state index in [-0.39, 0.29) is 27.2 Å². The summed E-state index contributed by atoms with van der Waals surface area (Å²) in [5.74, 6) is 2.59. The Kier molecular flexibility index (Phi) is 5.79. The first-order chi connectivity index (χ1) is 14.9. The third-order valence-electron chi connectivity index (χ3n) is 4.47. The van der Waals surface area contributed by atoms with Crippen LogP contribution in [0.2, 0.25) is 10.0 Å². The van der Waals surface area contributed by atoms with Crippen LogP contribution in [0.25, 0.3) is 34.0 Å². The number of phenolic OH excluding ortho intramolecular Hbond substituents is 1. The molecule has 0 saturated heterocycles. The molecule has 0 bridgehead atoms. The van der Waals surface area contributed by atoms with Crippen molar-refractivity contribution in [1.82, 2.24) is 19.7 Å². The molecule has 2 heterocycles. The van der Waals surface area contributed by atoms with Crippen LogP contribution in [0, 0.1) is 12.3 Å². The Hall–Kier alpha value is -3.18. The summed E-state index contributed by atoms with van der Waals surface area (Å²) in [5, 5.41) is 21.7. The number of phenols is 1. The number of nitrogens with zero attached hydrogens (tertiary/aromatic N) is 4. The predicted molar refractivity (Wildman–Crippen MR) is 123 cm³/mol. The number of aromatic nitrogens is 4. The van der Waals surface area contributed by atoms with Crippen molar-refractivity contribution in [3.05, 3.63) is 64.3 Å². The van der Waals surface area contributed by atoms with E-state index in [4.69, 9.17) is 29.6 Å². The van der Waals surface area contributed by atoms with Crippen molar-refractivity contribution in [2.45, 2.75) is 5.16 Å². The van der Waals surface area contributed by atoms with E-state index in [0.717, 1.165) is 4.73 Å². The molecule has 0 unspecified atom stereocenters. The molecule has 9 heteroatoms. The summed E-state index contributed by atoms with van der Waals surface area (Å²) in [6.45, 7) is 0. The number of thioether (sulfide) groups is 1. The fourth-order valence-electron chi connectivity index (χ4n) is 3.11. The van der Waals surface area contributed by atoms with Gasteiger partial charge in [-0.05, 0) is 36.6 Å². The standard InChI is InChI=1S/C22H14Cl2N4O2S/c1-3-12-5-4-6-13(9-12)19-20(17-7-8-25-22(26-17)31-2)28(30)21(27-19)18-15(23)10-14(29)11-16(18)24/h1,4-11,29-30H,2H3. The van der Waals surface area contributed by atoms with Crippen molar-refractivity contribution in [2.75, 3.05) is 6.26 Å². The van der Waals surface area contributed by atoms with Gasteiger partial charge >= 0.3 is 0 Å². The van der Waals surface area contributed by atoms with Crippen molar-refractivity contribution in [3.63, 3.8) is 0 Å². The lowest BCUT2D eigenvalue weighted by Gasteiger charge is -2.09. The number of terminal acetylenes is 1. The Morgan fingerprint density at radius 1 is 1.10 bits per heavy atom. The van der Waals surface area contributed by atoms with Crippen molar-refractivity contribution in [2.24, 2.45) is 0 Å². The van der Waals surface area contributed by atoms with Crippen molar-refractivity contribution in [1.29, 1.82) is 0 Å². The zero-order valence-electron chi connectivity index (χ0n) is 16.0. The van der Waals surface area contributed by atoms with E-state index in [9.17, 15) is 10.3 Å². The maximum atomic E-state index is 11.2. The molecule has 0 radical (unpaired) electrons. The summed E-state index contributed by atoms with van der Waals surface area (Å²) in [6, 6.07) is 11.5. The van der Waals surface area contributed by atoms with Gasteiger partial charge in [0.05, 0.1) is 21.3 Å². The van der Waals surface area contributed by atoms with Gasteiger partial charge in [-0.2, -0.15) is 4.73 Å². The quantitative estimate of drug-likeness (QED) is 0.175. The highest BCUT2D eigenvalue weighted by atomic mass is 35.5. The largest absolute Gasteiger partial charge is 0.508 e. The first-order valence-electron chi connectivity index (χ1n) is 8.87. The van der Waals surface area contributed by atoms with Crippen LogP contribution in [0.1, 0.15) is 5.56 Å². The van der Waals surface area contributed by atoms with Gasteiger partial charge in [0.2, 0.25) is 0 Å². The molecule has 0 amide bonds. The summed E-state index contributed by atoms with van der Waals surface area (Å²) in [6.07, 6.45) is 9.01. The second-order valence-corrected chi connectivity index (χ2v) is 7.97. The van der Waals surface area contributed by atoms with Gasteiger partial charge in [-0.15, -0.1) is 6.42 Å². The molecule has 2 aromatic heterocycles. The lowest BCUT2D eigenvalue weighted by atomic mass is 10.1. The van der Waals surface area contributed by atoms with Gasteiger partial charge in [-0.3, -0.25) is 0 Å². The number of imidazole rings is 1. The molecule has 31 heavy (non-hydrogen) atoms. The molecule has 0 fully saturated rings. The molecular weight excluding hydrogens is 455 g/mol. The van der Waals surface area contributed by atoms with Crippen molar-refractivity contribution < 1.29 is 10.3 Å². The average Bonchev–Trinajstić information content (AvgIpc) is 3.10. The fraction of sp³-hybridized carbons (Fsp3) is 0.0455. The Morgan fingerprint density at radius 3 is 2.52 bits per heavy atom. The topological polar surface area (TPSA) is 84.1 Å². The van der Waals surface area contributed by atoms with Gasteiger partial charge in [0.1, 0.15) is 17.1 Å². The van der Waals surface area contributed by atoms with Crippen LogP contribution in [0.4, 0.5) is 0 Å². The second-order valence-electron chi connectivity index (χ2n) is 6.38. The molecule has 6 nitrogen and oxygen atoms in total. The summed E-state index contributed by atoms with van der Waals surface area (Å²) in [5.41, 5.74) is 2.80. The van der Waals surface area contributed by atoms with Crippen LogP contribution < -0.4 is 0 Å². The summed E-state index contributed by atoms with van der Waals surface area (Å²) in [7, 11) is 0. The van der Waals surface area contributed by atoms with E-state index in [1.165, 1.54) is 23.9 Å². The number of hydrogen-bond acceptors (Lipinski definition) is 6. The molecule has 0 aliphatic rings. The zero-order valence-corrected chi connectivity index (χ0v) is 18.4. The minimum absolute atomic E-state index is 0.0930. The molecule has 154 valence electrons. The monoisotopic (exact) mass is 468 g/mol. The van der Waals surface area contributed by atoms with Crippen LogP contribution in [0.3, 0.4) is 0 Å². The van der Waals surface area contributed by atoms with Gasteiger partial charge in [-0.25, -0.2) is 15.0 Å². The SMILES string of the molecule is C#Cc1cccc(-c2nc(-c3c(Cl)cc(O)cc3Cl)n(O)c2-c2ccnc(SC)n2)c1. The molecule has 0 aliphatic carbocycles. The number of halogens is 2. The lowest BCUT2D eigenvalue weighted by molar-refractivity contribution is 0.195. The molecular formula is C22H14Cl2N4O2S. The third-order valence-corrected chi connectivity index (χ3v) is 5.62. The van der Waals surface area contributed by atoms with Crippen molar-refractivity contribution >= 4 is 35.0 Å². The van der Waals surface area contributed by atoms with Crippen LogP contribution >= 0.6 is 35.0 Å². The van der Waals surface area contributed by atoms with Gasteiger partial charge in [0.25, 0.3) is 0 Å². The maximum Gasteiger partial charge on any atom is 0.187 e. The first kappa shape index (κ1) is 21.1. The number of benzene rings is 2. The van der Waals surface area contributed by atoms with E-state index >= 15 is 0 Å². The number of rotatable bonds is 4. The third kappa shape index (κ3) is 3.93. The highest BCUT2D eigenvalue weighted by Crippen LogP contribution is 2.41. The average molecular weight is 469 g/mol. The van der Waals surface area contributed by atoms with E-state index in [2.05, 4.69) is 20.9 Å². The molecule has 0 aliphatic heterocycles. The van der Waals surface area contributed by atoms with Gasteiger partial charge in [-0.1, -0.05) is 53.0 Å². The summed E-state index contributed by atoms with van der Waals surface area (Å²) < 4.78 is 0.883. The Bertz CT molecular complexity index is 1320. The molecule has 4 rings (SSSR count). The van der Waals surface area contributed by atoms with Gasteiger partial charge in [0, 0.05) is 17.3 Å². The lowest BCUT2D eigenvalue weighted by Crippen LogP contribution is -2.00. The van der Waals surface area contributed by atoms with Crippen LogP contribution in [-0.2, 0) is 0 Å². The highest BCUT2D eigenvalue weighted by molar-refractivity contribution is 7.98. The Labute approximate surface area is 192 Å². The smallest absolute Gasteiger partial charge is 0.187 e. The summed E-state index contributed by atoms with van der Waals surface area (Å²) in [4.78, 5) is 13.3. The normalized spacial score (nSPS) is 10.8.